The van der Waals surface area contributed by atoms with E-state index >= 15 is 0 Å². The van der Waals surface area contributed by atoms with Gasteiger partial charge in [0.1, 0.15) is 12.7 Å². The number of rotatable bonds is 3. The van der Waals surface area contributed by atoms with Gasteiger partial charge in [-0.2, -0.15) is 0 Å². The Kier molecular flexibility index (Phi) is 9.34. The molecule has 1 unspecified atom stereocenters. The molecular formula is C15H12O3. The van der Waals surface area contributed by atoms with Crippen LogP contribution < -0.4 is 0 Å². The fraction of sp³-hybridized carbons (Fsp3) is 0.267. The molecule has 90 valence electrons. The molecule has 0 aliphatic carbocycles. The number of aliphatic hydroxyl groups is 1. The van der Waals surface area contributed by atoms with E-state index < -0.39 is 12.1 Å². The number of allylic oxidation sites excluding steroid dienone is 1. The van der Waals surface area contributed by atoms with Gasteiger partial charge in [0.15, 0.2) is 0 Å². The van der Waals surface area contributed by atoms with Crippen LogP contribution in [0.3, 0.4) is 0 Å². The van der Waals surface area contributed by atoms with Gasteiger partial charge in [-0.1, -0.05) is 11.8 Å². The van der Waals surface area contributed by atoms with E-state index in [9.17, 15) is 9.90 Å². The van der Waals surface area contributed by atoms with Crippen molar-refractivity contribution in [2.75, 3.05) is 6.61 Å². The van der Waals surface area contributed by atoms with Crippen LogP contribution in [0.2, 0.25) is 0 Å². The smallest absolute Gasteiger partial charge is 0.302 e. The summed E-state index contributed by atoms with van der Waals surface area (Å²) in [6, 6.07) is 0. The monoisotopic (exact) mass is 240 g/mol. The van der Waals surface area contributed by atoms with Crippen molar-refractivity contribution in [3.05, 3.63) is 12.2 Å². The first-order valence-electron chi connectivity index (χ1n) is 5.07. The molecule has 1 N–H and O–H groups in total. The van der Waals surface area contributed by atoms with E-state index in [0.717, 1.165) is 0 Å². The summed E-state index contributed by atoms with van der Waals surface area (Å²) >= 11 is 0. The normalized spacial score (nSPS) is 9.28. The van der Waals surface area contributed by atoms with Crippen molar-refractivity contribution < 1.29 is 14.6 Å². The van der Waals surface area contributed by atoms with E-state index in [-0.39, 0.29) is 6.61 Å². The van der Waals surface area contributed by atoms with Gasteiger partial charge in [-0.25, -0.2) is 0 Å². The van der Waals surface area contributed by atoms with Gasteiger partial charge < -0.3 is 9.84 Å². The third-order valence-electron chi connectivity index (χ3n) is 1.37. The minimum Gasteiger partial charge on any atom is -0.463 e. The number of esters is 1. The summed E-state index contributed by atoms with van der Waals surface area (Å²) in [5, 5.41) is 9.29. The fourth-order valence-electron chi connectivity index (χ4n) is 0.683. The largest absolute Gasteiger partial charge is 0.463 e. The minimum atomic E-state index is -0.865. The van der Waals surface area contributed by atoms with Crippen molar-refractivity contribution in [1.29, 1.82) is 0 Å². The van der Waals surface area contributed by atoms with Crippen molar-refractivity contribution >= 4 is 5.97 Å². The van der Waals surface area contributed by atoms with Gasteiger partial charge in [0.05, 0.1) is 0 Å². The summed E-state index contributed by atoms with van der Waals surface area (Å²) in [7, 11) is 0. The van der Waals surface area contributed by atoms with Crippen LogP contribution in [-0.2, 0) is 9.53 Å². The van der Waals surface area contributed by atoms with Gasteiger partial charge >= 0.3 is 5.97 Å². The highest BCUT2D eigenvalue weighted by Gasteiger charge is 1.99. The molecule has 0 aromatic heterocycles. The first-order chi connectivity index (χ1) is 8.66. The highest BCUT2D eigenvalue weighted by atomic mass is 16.5. The van der Waals surface area contributed by atoms with Crippen molar-refractivity contribution in [2.45, 2.75) is 20.0 Å². The topological polar surface area (TPSA) is 46.5 Å². The Balaban J connectivity index is 4.05. The van der Waals surface area contributed by atoms with Gasteiger partial charge in [-0.3, -0.25) is 4.79 Å². The average Bonchev–Trinajstić information content (AvgIpc) is 2.34. The standard InChI is InChI=1S/C15H12O3/c1-3-4-5-6-7-8-9-10-11-12-15(17)13-18-14(2)16/h11-12,15,17H,13H2,1-2H3. The van der Waals surface area contributed by atoms with Crippen molar-refractivity contribution in [2.24, 2.45) is 0 Å². The predicted molar refractivity (Wildman–Crippen MR) is 68.6 cm³/mol. The van der Waals surface area contributed by atoms with Crippen LogP contribution in [0.4, 0.5) is 0 Å². The highest BCUT2D eigenvalue weighted by molar-refractivity contribution is 5.65. The number of hydrogen-bond acceptors (Lipinski definition) is 3. The molecule has 0 spiro atoms. The second kappa shape index (κ2) is 10.9. The van der Waals surface area contributed by atoms with Crippen LogP contribution >= 0.6 is 0 Å². The third kappa shape index (κ3) is 11.5. The number of carbonyl (C=O) groups is 1. The van der Waals surface area contributed by atoms with Crippen LogP contribution in [0.1, 0.15) is 13.8 Å². The van der Waals surface area contributed by atoms with E-state index in [2.05, 4.69) is 52.1 Å². The molecule has 0 aliphatic rings. The Labute approximate surface area is 107 Å². The highest BCUT2D eigenvalue weighted by Crippen LogP contribution is 1.88. The third-order valence-corrected chi connectivity index (χ3v) is 1.37. The second-order valence-electron chi connectivity index (χ2n) is 2.87. The lowest BCUT2D eigenvalue weighted by Crippen LogP contribution is -2.14. The van der Waals surface area contributed by atoms with Gasteiger partial charge in [0.2, 0.25) is 0 Å². The quantitative estimate of drug-likeness (QED) is 0.577. The number of ether oxygens (including phenoxy) is 1. The molecule has 18 heavy (non-hydrogen) atoms. The van der Waals surface area contributed by atoms with Crippen LogP contribution in [0, 0.1) is 47.4 Å². The van der Waals surface area contributed by atoms with Crippen molar-refractivity contribution in [1.82, 2.24) is 0 Å². The number of hydrogen-bond donors (Lipinski definition) is 1. The predicted octanol–water partition coefficient (Wildman–Crippen LogP) is 0.500. The zero-order valence-corrected chi connectivity index (χ0v) is 10.2. The molecule has 0 bridgehead atoms. The number of carbonyl (C=O) groups excluding carboxylic acids is 1. The van der Waals surface area contributed by atoms with Crippen LogP contribution in [0.15, 0.2) is 12.2 Å². The molecular weight excluding hydrogens is 228 g/mol. The molecule has 0 aromatic carbocycles. The summed E-state index contributed by atoms with van der Waals surface area (Å²) in [4.78, 5) is 10.4. The van der Waals surface area contributed by atoms with E-state index in [0.29, 0.717) is 0 Å². The fourth-order valence-corrected chi connectivity index (χ4v) is 0.683. The summed E-state index contributed by atoms with van der Waals surface area (Å²) in [6.07, 6.45) is 1.98. The zero-order chi connectivity index (χ0) is 13.6. The first kappa shape index (κ1) is 15.4. The van der Waals surface area contributed by atoms with E-state index in [1.54, 1.807) is 6.92 Å². The minimum absolute atomic E-state index is 0.0830. The van der Waals surface area contributed by atoms with Gasteiger partial charge in [0, 0.05) is 6.92 Å². The first-order valence-corrected chi connectivity index (χ1v) is 5.07. The zero-order valence-electron chi connectivity index (χ0n) is 10.2. The molecule has 0 saturated heterocycles. The Hall–Kier alpha value is -2.59. The van der Waals surface area contributed by atoms with Crippen molar-refractivity contribution in [3.8, 4) is 47.4 Å². The van der Waals surface area contributed by atoms with Gasteiger partial charge in [-0.05, 0) is 54.6 Å². The SMILES string of the molecule is CC#CC#CC#CC#CC=CC(O)COC(C)=O. The molecule has 0 radical (unpaired) electrons. The Morgan fingerprint density at radius 1 is 1.22 bits per heavy atom. The molecule has 0 saturated carbocycles. The molecule has 0 aromatic rings. The van der Waals surface area contributed by atoms with E-state index in [1.807, 2.05) is 0 Å². The Morgan fingerprint density at radius 3 is 2.44 bits per heavy atom. The van der Waals surface area contributed by atoms with Crippen LogP contribution in [0.5, 0.6) is 0 Å². The second-order valence-corrected chi connectivity index (χ2v) is 2.87. The Morgan fingerprint density at radius 2 is 1.83 bits per heavy atom. The maximum atomic E-state index is 10.4. The molecule has 0 amide bonds. The lowest BCUT2D eigenvalue weighted by Gasteiger charge is -2.03. The molecule has 0 aliphatic heterocycles. The lowest BCUT2D eigenvalue weighted by atomic mass is 10.3. The molecule has 1 atom stereocenters. The maximum Gasteiger partial charge on any atom is 0.302 e. The Bertz CT molecular complexity index is 539. The van der Waals surface area contributed by atoms with E-state index in [1.165, 1.54) is 19.1 Å². The lowest BCUT2D eigenvalue weighted by molar-refractivity contribution is -0.143. The average molecular weight is 240 g/mol. The molecule has 0 rings (SSSR count). The summed E-state index contributed by atoms with van der Waals surface area (Å²) in [5.41, 5.74) is 0. The molecule has 3 heteroatoms. The molecule has 0 fully saturated rings. The van der Waals surface area contributed by atoms with Crippen LogP contribution in [-0.4, -0.2) is 23.8 Å². The summed E-state index contributed by atoms with van der Waals surface area (Å²) < 4.78 is 4.59. The summed E-state index contributed by atoms with van der Waals surface area (Å²) in [6.45, 7) is 2.88. The molecule has 0 heterocycles. The van der Waals surface area contributed by atoms with Crippen molar-refractivity contribution in [3.63, 3.8) is 0 Å². The van der Waals surface area contributed by atoms with Gasteiger partial charge in [-0.15, -0.1) is 0 Å². The summed E-state index contributed by atoms with van der Waals surface area (Å²) in [5.74, 6) is 19.8. The van der Waals surface area contributed by atoms with E-state index in [4.69, 9.17) is 0 Å². The van der Waals surface area contributed by atoms with Gasteiger partial charge in [0.25, 0.3) is 0 Å². The molecule has 3 nitrogen and oxygen atoms in total. The number of aliphatic hydroxyl groups excluding tert-OH is 1. The van der Waals surface area contributed by atoms with Crippen LogP contribution in [0.25, 0.3) is 0 Å². The maximum absolute atomic E-state index is 10.4.